The molecule has 31 heavy (non-hydrogen) atoms. The largest absolute Gasteiger partial charge is 0.474 e. The van der Waals surface area contributed by atoms with Crippen molar-refractivity contribution in [3.8, 4) is 17.1 Å². The predicted molar refractivity (Wildman–Crippen MR) is 125 cm³/mol. The van der Waals surface area contributed by atoms with E-state index < -0.39 is 0 Å². The van der Waals surface area contributed by atoms with Gasteiger partial charge in [-0.2, -0.15) is 0 Å². The van der Waals surface area contributed by atoms with Crippen LogP contribution in [0.15, 0.2) is 96.2 Å². The van der Waals surface area contributed by atoms with Gasteiger partial charge >= 0.3 is 0 Å². The van der Waals surface area contributed by atoms with Crippen LogP contribution in [0.4, 0.5) is 5.69 Å². The van der Waals surface area contributed by atoms with Gasteiger partial charge in [-0.1, -0.05) is 36.9 Å². The zero-order chi connectivity index (χ0) is 21.4. The molecule has 2 heterocycles. The zero-order valence-corrected chi connectivity index (χ0v) is 17.6. The number of nitrogens with one attached hydrogen (secondary N) is 1. The minimum atomic E-state index is -0.305. The highest BCUT2D eigenvalue weighted by molar-refractivity contribution is 5.83. The quantitative estimate of drug-likeness (QED) is 0.468. The van der Waals surface area contributed by atoms with Gasteiger partial charge < -0.3 is 14.6 Å². The number of hydrogen-bond donors (Lipinski definition) is 1. The van der Waals surface area contributed by atoms with Gasteiger partial charge in [-0.25, -0.2) is 4.98 Å². The first-order valence-corrected chi connectivity index (χ1v) is 10.4. The van der Waals surface area contributed by atoms with Gasteiger partial charge in [0.15, 0.2) is 6.23 Å². The SMILES string of the molecule is C=C1C=COC1Nc1cc2nc3ccccc3n(-c3ccccc3)c-2cc1=NC(C)C. The first-order valence-electron chi connectivity index (χ1n) is 10.4. The van der Waals surface area contributed by atoms with E-state index in [0.717, 1.165) is 44.7 Å². The van der Waals surface area contributed by atoms with Crippen LogP contribution in [-0.4, -0.2) is 21.8 Å². The maximum absolute atomic E-state index is 5.65. The van der Waals surface area contributed by atoms with Gasteiger partial charge in [0.25, 0.3) is 0 Å². The number of rotatable bonds is 4. The minimum absolute atomic E-state index is 0.141. The van der Waals surface area contributed by atoms with Crippen LogP contribution in [-0.2, 0) is 4.74 Å². The number of fused-ring (bicyclic) bond motifs is 2. The summed E-state index contributed by atoms with van der Waals surface area (Å²) in [7, 11) is 0. The summed E-state index contributed by atoms with van der Waals surface area (Å²) in [6, 6.07) is 22.8. The molecule has 5 nitrogen and oxygen atoms in total. The van der Waals surface area contributed by atoms with E-state index in [9.17, 15) is 0 Å². The lowest BCUT2D eigenvalue weighted by molar-refractivity contribution is 0.222. The Bertz CT molecular complexity index is 1330. The Labute approximate surface area is 181 Å². The Morgan fingerprint density at radius 3 is 2.58 bits per heavy atom. The highest BCUT2D eigenvalue weighted by Gasteiger charge is 2.20. The average molecular weight is 409 g/mol. The molecule has 0 radical (unpaired) electrons. The van der Waals surface area contributed by atoms with Gasteiger partial charge in [0.2, 0.25) is 0 Å². The molecular formula is C26H24N4O. The van der Waals surface area contributed by atoms with Crippen molar-refractivity contribution >= 4 is 16.7 Å². The third kappa shape index (κ3) is 3.59. The Balaban J connectivity index is 1.80. The molecule has 2 aromatic rings. The molecule has 5 rings (SSSR count). The summed E-state index contributed by atoms with van der Waals surface area (Å²) >= 11 is 0. The van der Waals surface area contributed by atoms with Gasteiger partial charge in [-0.3, -0.25) is 4.99 Å². The van der Waals surface area contributed by atoms with E-state index in [1.807, 2.05) is 30.3 Å². The van der Waals surface area contributed by atoms with Crippen LogP contribution < -0.4 is 10.7 Å². The minimum Gasteiger partial charge on any atom is -0.474 e. The second kappa shape index (κ2) is 7.76. The highest BCUT2D eigenvalue weighted by Crippen LogP contribution is 2.30. The molecule has 2 aliphatic heterocycles. The molecule has 154 valence electrons. The highest BCUT2D eigenvalue weighted by atomic mass is 16.5. The zero-order valence-electron chi connectivity index (χ0n) is 17.6. The molecule has 3 aliphatic rings. The smallest absolute Gasteiger partial charge is 0.195 e. The van der Waals surface area contributed by atoms with Crippen LogP contribution in [0, 0.1) is 0 Å². The van der Waals surface area contributed by atoms with Crippen LogP contribution in [0.1, 0.15) is 13.8 Å². The van der Waals surface area contributed by atoms with E-state index in [-0.39, 0.29) is 12.3 Å². The number of benzene rings is 3. The maximum Gasteiger partial charge on any atom is 0.195 e. The number of para-hydroxylation sites is 3. The molecule has 2 aromatic carbocycles. The van der Waals surface area contributed by atoms with Crippen molar-refractivity contribution in [3.05, 3.63) is 96.6 Å². The van der Waals surface area contributed by atoms with Gasteiger partial charge in [0.05, 0.1) is 39.7 Å². The predicted octanol–water partition coefficient (Wildman–Crippen LogP) is 5.28. The molecule has 1 atom stereocenters. The molecule has 0 saturated heterocycles. The summed E-state index contributed by atoms with van der Waals surface area (Å²) < 4.78 is 7.89. The lowest BCUT2D eigenvalue weighted by Crippen LogP contribution is -2.25. The number of nitrogens with zero attached hydrogens (tertiary/aromatic N) is 3. The summed E-state index contributed by atoms with van der Waals surface area (Å²) in [6.07, 6.45) is 3.22. The molecule has 1 unspecified atom stereocenters. The number of anilines is 1. The molecule has 0 spiro atoms. The summed E-state index contributed by atoms with van der Waals surface area (Å²) in [5.74, 6) is 0. The summed E-state index contributed by atoms with van der Waals surface area (Å²) in [5.41, 5.74) is 6.69. The molecule has 5 heteroatoms. The standard InChI is InChI=1S/C26H24N4O/c1-17(2)27-22-16-25-23(15-21(22)29-26-18(3)13-14-31-26)28-20-11-7-8-12-24(20)30(25)19-9-5-4-6-10-19/h4-17,26,29H,3H2,1-2H3. The normalized spacial score (nSPS) is 16.4. The molecule has 1 aliphatic carbocycles. The van der Waals surface area contributed by atoms with Gasteiger partial charge in [0.1, 0.15) is 0 Å². The molecule has 0 saturated carbocycles. The van der Waals surface area contributed by atoms with Crippen LogP contribution in [0.25, 0.3) is 28.1 Å². The second-order valence-electron chi connectivity index (χ2n) is 7.89. The van der Waals surface area contributed by atoms with Crippen LogP contribution in [0.5, 0.6) is 0 Å². The third-order valence-electron chi connectivity index (χ3n) is 5.23. The first kappa shape index (κ1) is 19.1. The molecule has 0 amide bonds. The number of aromatic nitrogens is 2. The van der Waals surface area contributed by atoms with Crippen molar-refractivity contribution in [2.24, 2.45) is 4.99 Å². The first-order chi connectivity index (χ1) is 15.1. The monoisotopic (exact) mass is 408 g/mol. The van der Waals surface area contributed by atoms with Crippen LogP contribution >= 0.6 is 0 Å². The summed E-state index contributed by atoms with van der Waals surface area (Å²) in [6.45, 7) is 8.20. The van der Waals surface area contributed by atoms with Crippen molar-refractivity contribution in [2.45, 2.75) is 26.1 Å². The average Bonchev–Trinajstić information content (AvgIpc) is 3.17. The van der Waals surface area contributed by atoms with E-state index in [1.54, 1.807) is 6.26 Å². The van der Waals surface area contributed by atoms with Crippen LogP contribution in [0.3, 0.4) is 0 Å². The van der Waals surface area contributed by atoms with Gasteiger partial charge in [-0.15, -0.1) is 0 Å². The van der Waals surface area contributed by atoms with Crippen molar-refractivity contribution in [2.75, 3.05) is 5.32 Å². The van der Waals surface area contributed by atoms with Crippen molar-refractivity contribution in [3.63, 3.8) is 0 Å². The molecule has 0 bridgehead atoms. The van der Waals surface area contributed by atoms with Gasteiger partial charge in [-0.05, 0) is 56.3 Å². The van der Waals surface area contributed by atoms with Crippen molar-refractivity contribution < 1.29 is 4.74 Å². The summed E-state index contributed by atoms with van der Waals surface area (Å²) in [4.78, 5) is 9.84. The van der Waals surface area contributed by atoms with E-state index in [4.69, 9.17) is 14.7 Å². The maximum atomic E-state index is 5.65. The molecule has 1 N–H and O–H groups in total. The molecule has 0 aromatic heterocycles. The lowest BCUT2D eigenvalue weighted by atomic mass is 10.1. The van der Waals surface area contributed by atoms with Crippen molar-refractivity contribution in [1.29, 1.82) is 0 Å². The molecular weight excluding hydrogens is 384 g/mol. The third-order valence-corrected chi connectivity index (χ3v) is 5.23. The Morgan fingerprint density at radius 1 is 1.06 bits per heavy atom. The number of ether oxygens (including phenoxy) is 1. The van der Waals surface area contributed by atoms with E-state index in [1.165, 1.54) is 0 Å². The van der Waals surface area contributed by atoms with Crippen LogP contribution in [0.2, 0.25) is 0 Å². The fourth-order valence-corrected chi connectivity index (χ4v) is 3.85. The van der Waals surface area contributed by atoms with Gasteiger partial charge in [0, 0.05) is 17.3 Å². The van der Waals surface area contributed by atoms with E-state index in [2.05, 4.69) is 72.8 Å². The topological polar surface area (TPSA) is 51.4 Å². The molecule has 0 fully saturated rings. The Hall–Kier alpha value is -3.86. The van der Waals surface area contributed by atoms with Crippen molar-refractivity contribution in [1.82, 2.24) is 9.55 Å². The Kier molecular flexibility index (Phi) is 4.79. The van der Waals surface area contributed by atoms with E-state index in [0.29, 0.717) is 0 Å². The summed E-state index contributed by atoms with van der Waals surface area (Å²) in [5, 5.41) is 4.30. The Morgan fingerprint density at radius 2 is 1.84 bits per heavy atom. The number of hydrogen-bond acceptors (Lipinski definition) is 4. The second-order valence-corrected chi connectivity index (χ2v) is 7.89. The fourth-order valence-electron chi connectivity index (χ4n) is 3.85. The lowest BCUT2D eigenvalue weighted by Gasteiger charge is -2.21. The fraction of sp³-hybridized carbons (Fsp3) is 0.154. The van der Waals surface area contributed by atoms with E-state index >= 15 is 0 Å².